The van der Waals surface area contributed by atoms with Gasteiger partial charge in [-0.2, -0.15) is 5.10 Å². The smallest absolute Gasteiger partial charge is 0.306 e. The zero-order valence-electron chi connectivity index (χ0n) is 10.6. The van der Waals surface area contributed by atoms with E-state index in [4.69, 9.17) is 23.2 Å². The molecule has 1 heterocycles. The van der Waals surface area contributed by atoms with Crippen LogP contribution in [0.1, 0.15) is 6.42 Å². The van der Waals surface area contributed by atoms with Crippen LogP contribution in [0.3, 0.4) is 0 Å². The molecule has 1 N–H and O–H groups in total. The van der Waals surface area contributed by atoms with E-state index < -0.39 is 4.92 Å². The summed E-state index contributed by atoms with van der Waals surface area (Å²) in [4.78, 5) is 21.7. The third-order valence-electron chi connectivity index (χ3n) is 2.60. The molecule has 0 unspecified atom stereocenters. The summed E-state index contributed by atoms with van der Waals surface area (Å²) in [5.74, 6) is -0.280. The van der Waals surface area contributed by atoms with E-state index in [1.54, 1.807) is 12.1 Å². The third-order valence-corrected chi connectivity index (χ3v) is 3.15. The highest BCUT2D eigenvalue weighted by atomic mass is 35.5. The highest BCUT2D eigenvalue weighted by Crippen LogP contribution is 2.25. The first-order chi connectivity index (χ1) is 9.95. The fourth-order valence-corrected chi connectivity index (χ4v) is 2.04. The molecule has 0 saturated carbocycles. The molecule has 1 amide bonds. The number of hydrogen-bond donors (Lipinski definition) is 1. The van der Waals surface area contributed by atoms with Crippen molar-refractivity contribution in [2.24, 2.45) is 0 Å². The Bertz CT molecular complexity index is 687. The standard InChI is InChI=1S/C12H10Cl2N4O3/c13-8-1-2-11(10(14)5-8)16-12(19)3-4-17-7-9(6-15-17)18(20)21/h1-2,5-7H,3-4H2,(H,16,19). The number of rotatable bonds is 5. The third kappa shape index (κ3) is 4.17. The van der Waals surface area contributed by atoms with Crippen molar-refractivity contribution in [3.63, 3.8) is 0 Å². The average molecular weight is 329 g/mol. The first-order valence-corrected chi connectivity index (χ1v) is 6.63. The number of nitro groups is 1. The number of carbonyl (C=O) groups excluding carboxylic acids is 1. The van der Waals surface area contributed by atoms with E-state index in [9.17, 15) is 14.9 Å². The molecular weight excluding hydrogens is 319 g/mol. The molecule has 0 aliphatic rings. The van der Waals surface area contributed by atoms with E-state index >= 15 is 0 Å². The van der Waals surface area contributed by atoms with Crippen LogP contribution in [-0.4, -0.2) is 20.6 Å². The van der Waals surface area contributed by atoms with Crippen molar-refractivity contribution in [2.75, 3.05) is 5.32 Å². The lowest BCUT2D eigenvalue weighted by molar-refractivity contribution is -0.385. The predicted octanol–water partition coefficient (Wildman–Crippen LogP) is 3.13. The number of aromatic nitrogens is 2. The number of anilines is 1. The highest BCUT2D eigenvalue weighted by Gasteiger charge is 2.10. The summed E-state index contributed by atoms with van der Waals surface area (Å²) in [6.45, 7) is 0.227. The zero-order valence-corrected chi connectivity index (χ0v) is 12.1. The Morgan fingerprint density at radius 2 is 2.19 bits per heavy atom. The summed E-state index contributed by atoms with van der Waals surface area (Å²) in [5.41, 5.74) is 0.341. The molecule has 0 fully saturated rings. The van der Waals surface area contributed by atoms with Crippen LogP contribution < -0.4 is 5.32 Å². The predicted molar refractivity (Wildman–Crippen MR) is 78.6 cm³/mol. The quantitative estimate of drug-likeness (QED) is 0.674. The number of nitrogens with zero attached hydrogens (tertiary/aromatic N) is 3. The van der Waals surface area contributed by atoms with Gasteiger partial charge in [0.1, 0.15) is 12.4 Å². The molecule has 1 aromatic heterocycles. The van der Waals surface area contributed by atoms with Crippen molar-refractivity contribution >= 4 is 40.5 Å². The summed E-state index contributed by atoms with van der Waals surface area (Å²) < 4.78 is 1.33. The van der Waals surface area contributed by atoms with E-state index in [1.165, 1.54) is 16.9 Å². The van der Waals surface area contributed by atoms with Gasteiger partial charge in [-0.3, -0.25) is 19.6 Å². The van der Waals surface area contributed by atoms with Crippen LogP contribution in [0.25, 0.3) is 0 Å². The topological polar surface area (TPSA) is 90.1 Å². The van der Waals surface area contributed by atoms with Crippen LogP contribution in [0.2, 0.25) is 10.0 Å². The Labute approximate surface area is 129 Å². The number of benzene rings is 1. The molecule has 0 spiro atoms. The molecule has 0 saturated heterocycles. The highest BCUT2D eigenvalue weighted by molar-refractivity contribution is 6.36. The summed E-state index contributed by atoms with van der Waals surface area (Å²) in [5, 5.41) is 17.7. The molecule has 0 atom stereocenters. The second kappa shape index (κ2) is 6.55. The van der Waals surface area contributed by atoms with Gasteiger partial charge in [-0.05, 0) is 18.2 Å². The minimum absolute atomic E-state index is 0.109. The maximum Gasteiger partial charge on any atom is 0.306 e. The van der Waals surface area contributed by atoms with Crippen LogP contribution >= 0.6 is 23.2 Å². The lowest BCUT2D eigenvalue weighted by Crippen LogP contribution is -2.15. The van der Waals surface area contributed by atoms with E-state index in [0.717, 1.165) is 6.20 Å². The SMILES string of the molecule is O=C(CCn1cc([N+](=O)[O-])cn1)Nc1ccc(Cl)cc1Cl. The van der Waals surface area contributed by atoms with E-state index in [2.05, 4.69) is 10.4 Å². The minimum Gasteiger partial charge on any atom is -0.325 e. The number of carbonyl (C=O) groups is 1. The molecule has 0 aliphatic heterocycles. The second-order valence-electron chi connectivity index (χ2n) is 4.14. The van der Waals surface area contributed by atoms with Crippen molar-refractivity contribution < 1.29 is 9.72 Å². The van der Waals surface area contributed by atoms with Gasteiger partial charge in [0.25, 0.3) is 0 Å². The largest absolute Gasteiger partial charge is 0.325 e. The number of nitrogens with one attached hydrogen (secondary N) is 1. The van der Waals surface area contributed by atoms with Gasteiger partial charge in [0.05, 0.1) is 15.6 Å². The molecule has 1 aromatic carbocycles. The van der Waals surface area contributed by atoms with Crippen molar-refractivity contribution in [3.05, 3.63) is 50.8 Å². The number of halogens is 2. The van der Waals surface area contributed by atoms with Gasteiger partial charge in [-0.25, -0.2) is 0 Å². The molecule has 7 nitrogen and oxygen atoms in total. The molecule has 0 radical (unpaired) electrons. The first-order valence-electron chi connectivity index (χ1n) is 5.87. The normalized spacial score (nSPS) is 10.4. The van der Waals surface area contributed by atoms with Gasteiger partial charge in [-0.15, -0.1) is 0 Å². The monoisotopic (exact) mass is 328 g/mol. The Morgan fingerprint density at radius 1 is 1.43 bits per heavy atom. The van der Waals surface area contributed by atoms with Crippen molar-refractivity contribution in [3.8, 4) is 0 Å². The zero-order chi connectivity index (χ0) is 15.4. The van der Waals surface area contributed by atoms with Crippen molar-refractivity contribution in [1.82, 2.24) is 9.78 Å². The van der Waals surface area contributed by atoms with Gasteiger partial charge in [0.2, 0.25) is 5.91 Å². The maximum atomic E-state index is 11.8. The second-order valence-corrected chi connectivity index (χ2v) is 4.98. The van der Waals surface area contributed by atoms with Crippen molar-refractivity contribution in [2.45, 2.75) is 13.0 Å². The first kappa shape index (κ1) is 15.3. The van der Waals surface area contributed by atoms with Crippen molar-refractivity contribution in [1.29, 1.82) is 0 Å². The fraction of sp³-hybridized carbons (Fsp3) is 0.167. The van der Waals surface area contributed by atoms with Crippen LogP contribution in [0.4, 0.5) is 11.4 Å². The molecule has 2 aromatic rings. The summed E-state index contributed by atoms with van der Waals surface area (Å²) in [6, 6.07) is 4.73. The Hall–Kier alpha value is -2.12. The van der Waals surface area contributed by atoms with Crippen LogP contribution in [0.15, 0.2) is 30.6 Å². The van der Waals surface area contributed by atoms with Gasteiger partial charge < -0.3 is 5.32 Å². The van der Waals surface area contributed by atoms with Gasteiger partial charge in [0, 0.05) is 18.0 Å². The van der Waals surface area contributed by atoms with Crippen LogP contribution in [0.5, 0.6) is 0 Å². The fourth-order valence-electron chi connectivity index (χ4n) is 1.59. The Morgan fingerprint density at radius 3 is 2.81 bits per heavy atom. The molecular formula is C12H10Cl2N4O3. The van der Waals surface area contributed by atoms with Crippen LogP contribution in [0, 0.1) is 10.1 Å². The number of aryl methyl sites for hydroxylation is 1. The van der Waals surface area contributed by atoms with E-state index in [-0.39, 0.29) is 24.6 Å². The summed E-state index contributed by atoms with van der Waals surface area (Å²) >= 11 is 11.7. The van der Waals surface area contributed by atoms with Crippen LogP contribution in [-0.2, 0) is 11.3 Å². The van der Waals surface area contributed by atoms with Gasteiger partial charge in [0.15, 0.2) is 0 Å². The molecule has 21 heavy (non-hydrogen) atoms. The van der Waals surface area contributed by atoms with Gasteiger partial charge in [-0.1, -0.05) is 23.2 Å². The summed E-state index contributed by atoms with van der Waals surface area (Å²) in [7, 11) is 0. The van der Waals surface area contributed by atoms with E-state index in [1.807, 2.05) is 0 Å². The molecule has 9 heteroatoms. The average Bonchev–Trinajstić information content (AvgIpc) is 2.89. The molecule has 0 bridgehead atoms. The maximum absolute atomic E-state index is 11.8. The minimum atomic E-state index is -0.545. The molecule has 2 rings (SSSR count). The lowest BCUT2D eigenvalue weighted by atomic mass is 10.3. The molecule has 110 valence electrons. The lowest BCUT2D eigenvalue weighted by Gasteiger charge is -2.07. The van der Waals surface area contributed by atoms with Gasteiger partial charge >= 0.3 is 5.69 Å². The Balaban J connectivity index is 1.91. The summed E-state index contributed by atoms with van der Waals surface area (Å²) in [6.07, 6.45) is 2.51. The molecule has 0 aliphatic carbocycles. The Kier molecular flexibility index (Phi) is 4.77. The number of amides is 1. The number of hydrogen-bond acceptors (Lipinski definition) is 4. The van der Waals surface area contributed by atoms with E-state index in [0.29, 0.717) is 15.7 Å².